The Morgan fingerprint density at radius 1 is 1.11 bits per heavy atom. The Hall–Kier alpha value is -1.81. The van der Waals surface area contributed by atoms with Crippen LogP contribution in [0.15, 0.2) is 57.9 Å². The van der Waals surface area contributed by atoms with Gasteiger partial charge in [-0.15, -0.1) is 11.8 Å². The lowest BCUT2D eigenvalue weighted by Crippen LogP contribution is -2.39. The number of amides is 1. The maximum Gasteiger partial charge on any atom is 0.235 e. The number of nitrogens with zero attached hydrogens (tertiary/aromatic N) is 3. The summed E-state index contributed by atoms with van der Waals surface area (Å²) in [5.41, 5.74) is 1.89. The van der Waals surface area contributed by atoms with Crippen LogP contribution < -0.4 is 0 Å². The van der Waals surface area contributed by atoms with Crippen molar-refractivity contribution >= 4 is 33.6 Å². The van der Waals surface area contributed by atoms with E-state index < -0.39 is 0 Å². The fraction of sp³-hybridized carbons (Fsp3) is 0.364. The predicted octanol–water partition coefficient (Wildman–Crippen LogP) is 4.54. The first-order valence-electron chi connectivity index (χ1n) is 9.47. The Labute approximate surface area is 179 Å². The molecule has 0 N–H and O–H groups in total. The second-order valence-electron chi connectivity index (χ2n) is 6.98. The van der Waals surface area contributed by atoms with Gasteiger partial charge in [-0.3, -0.25) is 9.69 Å². The number of carbonyl (C=O) groups is 1. The highest BCUT2D eigenvalue weighted by molar-refractivity contribution is 9.10. The molecule has 0 bridgehead atoms. The van der Waals surface area contributed by atoms with Crippen molar-refractivity contribution in [2.75, 3.05) is 26.2 Å². The minimum atomic E-state index is -0.0914. The fourth-order valence-corrected chi connectivity index (χ4v) is 4.53. The first-order valence-corrected chi connectivity index (χ1v) is 11.1. The summed E-state index contributed by atoms with van der Waals surface area (Å²) in [6.45, 7) is 6.29. The topological polar surface area (TPSA) is 47.3 Å². The minimum absolute atomic E-state index is 0.0914. The fourth-order valence-electron chi connectivity index (χ4n) is 3.32. The van der Waals surface area contributed by atoms with Gasteiger partial charge in [0, 0.05) is 42.1 Å². The molecule has 1 amide bonds. The quantitative estimate of drug-likeness (QED) is 0.618. The summed E-state index contributed by atoms with van der Waals surface area (Å²) in [4.78, 5) is 18.4. The molecule has 0 radical (unpaired) electrons. The Morgan fingerprint density at radius 2 is 1.82 bits per heavy atom. The van der Waals surface area contributed by atoms with E-state index in [0.717, 1.165) is 48.5 Å². The summed E-state index contributed by atoms with van der Waals surface area (Å²) >= 11 is 5.06. The van der Waals surface area contributed by atoms with E-state index in [-0.39, 0.29) is 11.2 Å². The first-order chi connectivity index (χ1) is 13.5. The smallest absolute Gasteiger partial charge is 0.235 e. The van der Waals surface area contributed by atoms with Crippen molar-refractivity contribution in [3.8, 4) is 6.07 Å². The monoisotopic (exact) mass is 457 g/mol. The van der Waals surface area contributed by atoms with Gasteiger partial charge in [-0.2, -0.15) is 5.26 Å². The molecule has 0 aromatic heterocycles. The van der Waals surface area contributed by atoms with E-state index in [2.05, 4.69) is 26.9 Å². The van der Waals surface area contributed by atoms with Crippen LogP contribution >= 0.6 is 27.7 Å². The van der Waals surface area contributed by atoms with Gasteiger partial charge in [0.1, 0.15) is 0 Å². The Kier molecular flexibility index (Phi) is 7.55. The number of rotatable bonds is 5. The maximum atomic E-state index is 12.9. The SMILES string of the molecule is CC(Sc1ccc(Br)cc1)C(=O)N1CCCN(Cc2ccc(C#N)cc2)CC1. The summed E-state index contributed by atoms with van der Waals surface area (Å²) in [6.07, 6.45) is 0.984. The van der Waals surface area contributed by atoms with Gasteiger partial charge in [0.2, 0.25) is 5.91 Å². The molecular weight excluding hydrogens is 434 g/mol. The van der Waals surface area contributed by atoms with Gasteiger partial charge in [-0.25, -0.2) is 0 Å². The van der Waals surface area contributed by atoms with Crippen LogP contribution in [-0.4, -0.2) is 47.1 Å². The molecule has 1 saturated heterocycles. The second kappa shape index (κ2) is 10.1. The number of carbonyl (C=O) groups excluding carboxylic acids is 1. The molecule has 6 heteroatoms. The van der Waals surface area contributed by atoms with E-state index >= 15 is 0 Å². The molecular formula is C22H24BrN3OS. The first kappa shape index (κ1) is 20.9. The molecule has 28 heavy (non-hydrogen) atoms. The highest BCUT2D eigenvalue weighted by Crippen LogP contribution is 2.26. The average molecular weight is 458 g/mol. The third-order valence-electron chi connectivity index (χ3n) is 4.86. The van der Waals surface area contributed by atoms with E-state index in [1.54, 1.807) is 11.8 Å². The average Bonchev–Trinajstić information content (AvgIpc) is 2.95. The van der Waals surface area contributed by atoms with Gasteiger partial charge in [0.25, 0.3) is 0 Å². The molecule has 1 heterocycles. The predicted molar refractivity (Wildman–Crippen MR) is 117 cm³/mol. The van der Waals surface area contributed by atoms with Gasteiger partial charge >= 0.3 is 0 Å². The standard InChI is InChI=1S/C22H24BrN3OS/c1-17(28-21-9-7-20(23)8-10-21)22(27)26-12-2-11-25(13-14-26)16-19-5-3-18(15-24)4-6-19/h3-10,17H,2,11-14,16H2,1H3. The third kappa shape index (κ3) is 5.84. The number of hydrogen-bond donors (Lipinski definition) is 0. The molecule has 146 valence electrons. The summed E-state index contributed by atoms with van der Waals surface area (Å²) in [5, 5.41) is 8.83. The molecule has 1 fully saturated rings. The zero-order chi connectivity index (χ0) is 19.9. The van der Waals surface area contributed by atoms with Crippen molar-refractivity contribution in [1.29, 1.82) is 5.26 Å². The maximum absolute atomic E-state index is 12.9. The van der Waals surface area contributed by atoms with Crippen LogP contribution in [0.4, 0.5) is 0 Å². The largest absolute Gasteiger partial charge is 0.340 e. The molecule has 2 aromatic carbocycles. The molecule has 1 aliphatic rings. The lowest BCUT2D eigenvalue weighted by Gasteiger charge is -2.24. The molecule has 1 aliphatic heterocycles. The Morgan fingerprint density at radius 3 is 2.50 bits per heavy atom. The van der Waals surface area contributed by atoms with E-state index in [4.69, 9.17) is 5.26 Å². The number of benzene rings is 2. The lowest BCUT2D eigenvalue weighted by molar-refractivity contribution is -0.130. The summed E-state index contributed by atoms with van der Waals surface area (Å²) < 4.78 is 1.05. The normalized spacial score (nSPS) is 16.2. The van der Waals surface area contributed by atoms with Crippen molar-refractivity contribution < 1.29 is 4.79 Å². The zero-order valence-corrected chi connectivity index (χ0v) is 18.4. The van der Waals surface area contributed by atoms with Crippen molar-refractivity contribution in [2.24, 2.45) is 0 Å². The minimum Gasteiger partial charge on any atom is -0.340 e. The van der Waals surface area contributed by atoms with Crippen LogP contribution in [0.5, 0.6) is 0 Å². The van der Waals surface area contributed by atoms with Crippen molar-refractivity contribution in [3.05, 3.63) is 64.1 Å². The van der Waals surface area contributed by atoms with Crippen molar-refractivity contribution in [3.63, 3.8) is 0 Å². The van der Waals surface area contributed by atoms with Gasteiger partial charge in [-0.05, 0) is 55.3 Å². The number of halogens is 1. The number of hydrogen-bond acceptors (Lipinski definition) is 4. The Balaban J connectivity index is 1.52. The summed E-state index contributed by atoms with van der Waals surface area (Å²) in [7, 11) is 0. The van der Waals surface area contributed by atoms with Crippen LogP contribution in [-0.2, 0) is 11.3 Å². The van der Waals surface area contributed by atoms with Gasteiger partial charge in [0.05, 0.1) is 16.9 Å². The highest BCUT2D eigenvalue weighted by Gasteiger charge is 2.24. The molecule has 2 aromatic rings. The Bertz CT molecular complexity index is 832. The van der Waals surface area contributed by atoms with E-state index in [9.17, 15) is 4.79 Å². The van der Waals surface area contributed by atoms with Gasteiger partial charge in [0.15, 0.2) is 0 Å². The summed E-state index contributed by atoms with van der Waals surface area (Å²) in [5.74, 6) is 0.216. The third-order valence-corrected chi connectivity index (χ3v) is 6.49. The van der Waals surface area contributed by atoms with Crippen LogP contribution in [0.1, 0.15) is 24.5 Å². The second-order valence-corrected chi connectivity index (χ2v) is 9.31. The molecule has 3 rings (SSSR count). The van der Waals surface area contributed by atoms with Crippen LogP contribution in [0, 0.1) is 11.3 Å². The molecule has 0 saturated carbocycles. The van der Waals surface area contributed by atoms with E-state index in [0.29, 0.717) is 5.56 Å². The molecule has 0 aliphatic carbocycles. The number of thioether (sulfide) groups is 1. The van der Waals surface area contributed by atoms with E-state index in [1.165, 1.54) is 5.56 Å². The van der Waals surface area contributed by atoms with Crippen molar-refractivity contribution in [2.45, 2.75) is 30.0 Å². The summed E-state index contributed by atoms with van der Waals surface area (Å²) in [6, 6.07) is 18.0. The zero-order valence-electron chi connectivity index (χ0n) is 16.0. The number of nitriles is 1. The van der Waals surface area contributed by atoms with Gasteiger partial charge in [-0.1, -0.05) is 28.1 Å². The van der Waals surface area contributed by atoms with Gasteiger partial charge < -0.3 is 4.90 Å². The molecule has 0 spiro atoms. The van der Waals surface area contributed by atoms with E-state index in [1.807, 2.05) is 60.4 Å². The molecule has 4 nitrogen and oxygen atoms in total. The molecule has 1 unspecified atom stereocenters. The molecule has 1 atom stereocenters. The van der Waals surface area contributed by atoms with Crippen molar-refractivity contribution in [1.82, 2.24) is 9.80 Å². The highest BCUT2D eigenvalue weighted by atomic mass is 79.9. The van der Waals surface area contributed by atoms with Crippen LogP contribution in [0.2, 0.25) is 0 Å². The van der Waals surface area contributed by atoms with Crippen LogP contribution in [0.25, 0.3) is 0 Å². The lowest BCUT2D eigenvalue weighted by atomic mass is 10.1. The van der Waals surface area contributed by atoms with Crippen LogP contribution in [0.3, 0.4) is 0 Å².